The number of carbonyl (C=O) groups is 1. The van der Waals surface area contributed by atoms with Crippen LogP contribution in [-0.2, 0) is 0 Å². The third kappa shape index (κ3) is 3.50. The molecule has 0 bridgehead atoms. The lowest BCUT2D eigenvalue weighted by Gasteiger charge is -2.07. The number of amides is 1. The van der Waals surface area contributed by atoms with Crippen LogP contribution < -0.4 is 14.8 Å². The average molecular weight is 423 g/mol. The third-order valence-corrected chi connectivity index (χ3v) is 5.50. The molecule has 4 rings (SSSR count). The fourth-order valence-corrected chi connectivity index (χ4v) is 4.11. The van der Waals surface area contributed by atoms with Crippen LogP contribution in [0, 0.1) is 20.8 Å². The van der Waals surface area contributed by atoms with Crippen LogP contribution in [0.2, 0.25) is 0 Å². The van der Waals surface area contributed by atoms with Gasteiger partial charge in [0, 0.05) is 28.0 Å². The summed E-state index contributed by atoms with van der Waals surface area (Å²) in [4.78, 5) is 17.3. The van der Waals surface area contributed by atoms with E-state index >= 15 is 0 Å². The minimum atomic E-state index is -0.351. The van der Waals surface area contributed by atoms with Crippen LogP contribution in [0.1, 0.15) is 27.2 Å². The fourth-order valence-electron chi connectivity index (χ4n) is 3.53. The van der Waals surface area contributed by atoms with Crippen LogP contribution >= 0.6 is 11.5 Å². The number of benzene rings is 2. The van der Waals surface area contributed by atoms with E-state index in [9.17, 15) is 4.79 Å². The number of anilines is 1. The summed E-state index contributed by atoms with van der Waals surface area (Å²) in [5, 5.41) is 4.14. The number of fused-ring (bicyclic) bond motifs is 1. The molecule has 4 aromatic rings. The van der Waals surface area contributed by atoms with Crippen molar-refractivity contribution in [2.75, 3.05) is 19.5 Å². The van der Waals surface area contributed by atoms with Gasteiger partial charge in [-0.15, -0.1) is 0 Å². The molecule has 0 saturated heterocycles. The van der Waals surface area contributed by atoms with E-state index in [0.717, 1.165) is 39.2 Å². The molecule has 0 fully saturated rings. The molecule has 7 nitrogen and oxygen atoms in total. The summed E-state index contributed by atoms with van der Waals surface area (Å²) in [6.45, 7) is 5.90. The summed E-state index contributed by atoms with van der Waals surface area (Å²) in [6.07, 6.45) is 0. The minimum absolute atomic E-state index is 0.279. The normalized spacial score (nSPS) is 11.0. The van der Waals surface area contributed by atoms with E-state index in [0.29, 0.717) is 28.0 Å². The highest BCUT2D eigenvalue weighted by molar-refractivity contribution is 7.10. The summed E-state index contributed by atoms with van der Waals surface area (Å²) in [7, 11) is 3.15. The van der Waals surface area contributed by atoms with Gasteiger partial charge in [-0.25, -0.2) is 0 Å². The van der Waals surface area contributed by atoms with Crippen molar-refractivity contribution in [1.82, 2.24) is 9.36 Å². The van der Waals surface area contributed by atoms with Gasteiger partial charge in [-0.05, 0) is 56.2 Å². The molecule has 2 heterocycles. The Morgan fingerprint density at radius 1 is 1.07 bits per heavy atom. The van der Waals surface area contributed by atoms with E-state index in [1.54, 1.807) is 26.4 Å². The number of carbonyl (C=O) groups excluding carboxylic acids is 1. The molecule has 0 aliphatic rings. The highest BCUT2D eigenvalue weighted by Crippen LogP contribution is 2.33. The highest BCUT2D eigenvalue weighted by Gasteiger charge is 2.21. The van der Waals surface area contributed by atoms with Crippen molar-refractivity contribution in [3.63, 3.8) is 0 Å². The molecule has 0 aliphatic carbocycles. The molecule has 0 saturated carbocycles. The Morgan fingerprint density at radius 3 is 2.57 bits per heavy atom. The third-order valence-electron chi connectivity index (χ3n) is 4.87. The highest BCUT2D eigenvalue weighted by atomic mass is 32.1. The van der Waals surface area contributed by atoms with Crippen LogP contribution in [0.15, 0.2) is 34.7 Å². The van der Waals surface area contributed by atoms with Crippen molar-refractivity contribution in [2.24, 2.45) is 0 Å². The summed E-state index contributed by atoms with van der Waals surface area (Å²) in [5.74, 6) is 1.62. The van der Waals surface area contributed by atoms with Crippen molar-refractivity contribution >= 4 is 33.5 Å². The maximum absolute atomic E-state index is 12.8. The van der Waals surface area contributed by atoms with E-state index in [1.807, 2.05) is 32.9 Å². The summed E-state index contributed by atoms with van der Waals surface area (Å²) < 4.78 is 20.8. The summed E-state index contributed by atoms with van der Waals surface area (Å²) >= 11 is 1.10. The van der Waals surface area contributed by atoms with Crippen LogP contribution in [0.5, 0.6) is 11.5 Å². The molecule has 0 spiro atoms. The van der Waals surface area contributed by atoms with Gasteiger partial charge in [0.15, 0.2) is 23.1 Å². The fraction of sp³-hybridized carbons (Fsp3) is 0.227. The minimum Gasteiger partial charge on any atom is -0.493 e. The Hall–Kier alpha value is -3.39. The second-order valence-corrected chi connectivity index (χ2v) is 7.71. The van der Waals surface area contributed by atoms with E-state index in [-0.39, 0.29) is 11.7 Å². The molecule has 154 valence electrons. The van der Waals surface area contributed by atoms with Gasteiger partial charge < -0.3 is 13.9 Å². The van der Waals surface area contributed by atoms with Crippen LogP contribution in [-0.4, -0.2) is 29.5 Å². The Labute approximate surface area is 177 Å². The zero-order chi connectivity index (χ0) is 21.4. The number of aromatic nitrogens is 2. The summed E-state index contributed by atoms with van der Waals surface area (Å²) in [6, 6.07) is 9.43. The number of nitrogens with one attached hydrogen (secondary N) is 1. The van der Waals surface area contributed by atoms with Gasteiger partial charge in [-0.2, -0.15) is 9.36 Å². The lowest BCUT2D eigenvalue weighted by molar-refractivity contribution is 0.0998. The zero-order valence-corrected chi connectivity index (χ0v) is 18.1. The summed E-state index contributed by atoms with van der Waals surface area (Å²) in [5.41, 5.74) is 4.44. The first kappa shape index (κ1) is 19.9. The molecule has 1 N–H and O–H groups in total. The van der Waals surface area contributed by atoms with Gasteiger partial charge in [0.1, 0.15) is 5.58 Å². The predicted molar refractivity (Wildman–Crippen MR) is 117 cm³/mol. The topological polar surface area (TPSA) is 86.5 Å². The molecular formula is C22H21N3O4S. The quantitative estimate of drug-likeness (QED) is 0.478. The van der Waals surface area contributed by atoms with Gasteiger partial charge in [-0.3, -0.25) is 10.1 Å². The zero-order valence-electron chi connectivity index (χ0n) is 17.3. The lowest BCUT2D eigenvalue weighted by atomic mass is 10.0. The maximum Gasteiger partial charge on any atom is 0.293 e. The Balaban J connectivity index is 1.60. The van der Waals surface area contributed by atoms with Crippen LogP contribution in [0.3, 0.4) is 0 Å². The van der Waals surface area contributed by atoms with Crippen LogP contribution in [0.4, 0.5) is 5.13 Å². The second kappa shape index (κ2) is 7.79. The van der Waals surface area contributed by atoms with Gasteiger partial charge >= 0.3 is 0 Å². The Bertz CT molecular complexity index is 1260. The number of aryl methyl sites for hydroxylation is 3. The molecule has 8 heteroatoms. The second-order valence-electron chi connectivity index (χ2n) is 6.96. The molecule has 0 atom stereocenters. The van der Waals surface area contributed by atoms with Crippen molar-refractivity contribution in [1.29, 1.82) is 0 Å². The van der Waals surface area contributed by atoms with E-state index < -0.39 is 0 Å². The molecule has 0 unspecified atom stereocenters. The number of nitrogens with zero attached hydrogens (tertiary/aromatic N) is 2. The molecule has 1 amide bonds. The smallest absolute Gasteiger partial charge is 0.293 e. The number of methoxy groups -OCH3 is 2. The first-order valence-electron chi connectivity index (χ1n) is 9.29. The lowest BCUT2D eigenvalue weighted by Crippen LogP contribution is -2.11. The number of hydrogen-bond donors (Lipinski definition) is 1. The maximum atomic E-state index is 12.8. The first-order valence-corrected chi connectivity index (χ1v) is 10.1. The molecule has 2 aromatic heterocycles. The average Bonchev–Trinajstić information content (AvgIpc) is 3.31. The Morgan fingerprint density at radius 2 is 1.83 bits per heavy atom. The van der Waals surface area contributed by atoms with E-state index in [1.165, 1.54) is 0 Å². The standard InChI is InChI=1S/C22H21N3O4S/c1-11-8-12(2)18-13(3)19(29-17(18)9-11)21(26)24-22-23-20(25-30-22)14-6-7-15(27-4)16(10-14)28-5/h6-10H,1-5H3,(H,23,24,25,26). The van der Waals surface area contributed by atoms with Crippen molar-refractivity contribution in [3.8, 4) is 22.9 Å². The van der Waals surface area contributed by atoms with Gasteiger partial charge in [0.2, 0.25) is 5.13 Å². The first-order chi connectivity index (χ1) is 14.4. The van der Waals surface area contributed by atoms with Gasteiger partial charge in [0.05, 0.1) is 14.2 Å². The largest absolute Gasteiger partial charge is 0.493 e. The van der Waals surface area contributed by atoms with Crippen molar-refractivity contribution in [3.05, 3.63) is 52.8 Å². The number of furan rings is 1. The molecule has 0 aliphatic heterocycles. The molecule has 0 radical (unpaired) electrons. The van der Waals surface area contributed by atoms with Crippen molar-refractivity contribution in [2.45, 2.75) is 20.8 Å². The van der Waals surface area contributed by atoms with Gasteiger partial charge in [0.25, 0.3) is 5.91 Å². The molecule has 30 heavy (non-hydrogen) atoms. The number of rotatable bonds is 5. The number of hydrogen-bond acceptors (Lipinski definition) is 7. The van der Waals surface area contributed by atoms with Crippen LogP contribution in [0.25, 0.3) is 22.4 Å². The van der Waals surface area contributed by atoms with Crippen molar-refractivity contribution < 1.29 is 18.7 Å². The van der Waals surface area contributed by atoms with E-state index in [2.05, 4.69) is 20.7 Å². The monoisotopic (exact) mass is 423 g/mol. The molecule has 2 aromatic carbocycles. The molecular weight excluding hydrogens is 402 g/mol. The Kier molecular flexibility index (Phi) is 5.17. The van der Waals surface area contributed by atoms with Gasteiger partial charge in [-0.1, -0.05) is 6.07 Å². The number of ether oxygens (including phenoxy) is 2. The van der Waals surface area contributed by atoms with E-state index in [4.69, 9.17) is 13.9 Å². The SMILES string of the molecule is COc1ccc(-c2nsc(NC(=O)c3oc4cc(C)cc(C)c4c3C)n2)cc1OC. The predicted octanol–water partition coefficient (Wildman–Crippen LogP) is 5.15.